The summed E-state index contributed by atoms with van der Waals surface area (Å²) < 4.78 is 27.6. The summed E-state index contributed by atoms with van der Waals surface area (Å²) in [6, 6.07) is 7.73. The first-order valence-electron chi connectivity index (χ1n) is 9.85. The molecule has 0 aliphatic carbocycles. The van der Waals surface area contributed by atoms with Crippen molar-refractivity contribution in [2.45, 2.75) is 25.6 Å². The zero-order chi connectivity index (χ0) is 23.3. The Bertz CT molecular complexity index is 1370. The topological polar surface area (TPSA) is 143 Å². The van der Waals surface area contributed by atoms with Gasteiger partial charge >= 0.3 is 5.69 Å². The van der Waals surface area contributed by atoms with Crippen LogP contribution in [0.25, 0.3) is 11.0 Å². The molecule has 0 radical (unpaired) electrons. The van der Waals surface area contributed by atoms with Gasteiger partial charge in [0.2, 0.25) is 10.0 Å². The Kier molecular flexibility index (Phi) is 7.01. The molecule has 3 N–H and O–H groups in total. The van der Waals surface area contributed by atoms with Crippen LogP contribution in [0, 0.1) is 0 Å². The molecule has 3 rings (SSSR count). The van der Waals surface area contributed by atoms with Gasteiger partial charge in [-0.05, 0) is 30.2 Å². The van der Waals surface area contributed by atoms with Gasteiger partial charge in [0.05, 0.1) is 16.7 Å². The van der Waals surface area contributed by atoms with Gasteiger partial charge in [0.1, 0.15) is 5.65 Å². The monoisotopic (exact) mass is 457 g/mol. The third kappa shape index (κ3) is 5.37. The van der Waals surface area contributed by atoms with Gasteiger partial charge in [-0.3, -0.25) is 19.1 Å². The van der Waals surface area contributed by atoms with Crippen molar-refractivity contribution < 1.29 is 13.2 Å². The number of aromatic nitrogens is 3. The number of benzene rings is 1. The Morgan fingerprint density at radius 2 is 1.97 bits per heavy atom. The first kappa shape index (κ1) is 23.1. The van der Waals surface area contributed by atoms with Crippen molar-refractivity contribution >= 4 is 32.7 Å². The number of anilines is 1. The maximum absolute atomic E-state index is 12.6. The first-order valence-corrected chi connectivity index (χ1v) is 11.5. The number of nitrogens with one attached hydrogen (secondary N) is 3. The molecule has 1 aromatic carbocycles. The van der Waals surface area contributed by atoms with Crippen LogP contribution in [-0.2, 0) is 22.3 Å². The van der Waals surface area contributed by atoms with Crippen molar-refractivity contribution in [2.75, 3.05) is 11.9 Å². The van der Waals surface area contributed by atoms with Crippen LogP contribution in [0.2, 0.25) is 0 Å². The molecule has 2 aromatic heterocycles. The largest absolute Gasteiger partial charge is 0.329 e. The van der Waals surface area contributed by atoms with E-state index in [0.29, 0.717) is 24.2 Å². The molecule has 1 amide bonds. The second kappa shape index (κ2) is 9.71. The van der Waals surface area contributed by atoms with Gasteiger partial charge in [-0.25, -0.2) is 22.9 Å². The van der Waals surface area contributed by atoms with Crippen molar-refractivity contribution in [1.29, 1.82) is 0 Å². The summed E-state index contributed by atoms with van der Waals surface area (Å²) >= 11 is 0. The minimum absolute atomic E-state index is 0.137. The molecule has 0 saturated heterocycles. The third-order valence-corrected chi connectivity index (χ3v) is 5.88. The minimum Gasteiger partial charge on any atom is -0.322 e. The molecule has 0 bridgehead atoms. The first-order chi connectivity index (χ1) is 15.2. The van der Waals surface area contributed by atoms with Crippen LogP contribution in [0.4, 0.5) is 5.69 Å². The number of carbonyl (C=O) groups excluding carboxylic acids is 1. The molecule has 168 valence electrons. The highest BCUT2D eigenvalue weighted by Gasteiger charge is 2.14. The fourth-order valence-corrected chi connectivity index (χ4v) is 4.17. The number of aromatic amines is 1. The Morgan fingerprint density at radius 3 is 2.62 bits per heavy atom. The quantitative estimate of drug-likeness (QED) is 0.414. The lowest BCUT2D eigenvalue weighted by Crippen LogP contribution is -2.31. The second-order valence-corrected chi connectivity index (χ2v) is 8.86. The number of hydrogen-bond donors (Lipinski definition) is 3. The van der Waals surface area contributed by atoms with E-state index < -0.39 is 27.2 Å². The third-order valence-electron chi connectivity index (χ3n) is 4.56. The molecule has 0 fully saturated rings. The Balaban J connectivity index is 1.79. The number of carbonyl (C=O) groups is 1. The van der Waals surface area contributed by atoms with Crippen LogP contribution in [-0.4, -0.2) is 35.4 Å². The molecule has 0 saturated carbocycles. The summed E-state index contributed by atoms with van der Waals surface area (Å²) in [5.74, 6) is -0.702. The highest BCUT2D eigenvalue weighted by Crippen LogP contribution is 2.14. The van der Waals surface area contributed by atoms with E-state index in [1.54, 1.807) is 24.3 Å². The maximum atomic E-state index is 12.6. The zero-order valence-electron chi connectivity index (χ0n) is 17.4. The summed E-state index contributed by atoms with van der Waals surface area (Å²) in [7, 11) is -3.49. The van der Waals surface area contributed by atoms with Gasteiger partial charge in [0, 0.05) is 25.0 Å². The molecule has 3 aromatic rings. The average molecular weight is 458 g/mol. The number of hydrogen-bond acceptors (Lipinski definition) is 6. The molecule has 32 heavy (non-hydrogen) atoms. The van der Waals surface area contributed by atoms with Gasteiger partial charge in [-0.15, -0.1) is 6.58 Å². The lowest BCUT2D eigenvalue weighted by Gasteiger charge is -2.10. The number of pyridine rings is 1. The maximum Gasteiger partial charge on any atom is 0.329 e. The van der Waals surface area contributed by atoms with Crippen molar-refractivity contribution in [1.82, 2.24) is 19.3 Å². The van der Waals surface area contributed by atoms with Crippen molar-refractivity contribution in [3.63, 3.8) is 0 Å². The smallest absolute Gasteiger partial charge is 0.322 e. The number of aryl methyl sites for hydroxylation is 1. The van der Waals surface area contributed by atoms with Crippen molar-refractivity contribution in [3.8, 4) is 0 Å². The Morgan fingerprint density at radius 1 is 1.25 bits per heavy atom. The van der Waals surface area contributed by atoms with Gasteiger partial charge in [-0.1, -0.05) is 25.1 Å². The molecular formula is C21H23N5O5S. The van der Waals surface area contributed by atoms with Gasteiger partial charge in [0.25, 0.3) is 11.5 Å². The van der Waals surface area contributed by atoms with E-state index in [2.05, 4.69) is 26.6 Å². The number of H-pyrrole nitrogens is 1. The van der Waals surface area contributed by atoms with E-state index in [4.69, 9.17) is 0 Å². The highest BCUT2D eigenvalue weighted by molar-refractivity contribution is 7.88. The molecule has 0 aliphatic rings. The van der Waals surface area contributed by atoms with E-state index in [9.17, 15) is 22.8 Å². The number of fused-ring (bicyclic) bond motifs is 1. The predicted molar refractivity (Wildman–Crippen MR) is 122 cm³/mol. The van der Waals surface area contributed by atoms with Gasteiger partial charge in [0.15, 0.2) is 0 Å². The summed E-state index contributed by atoms with van der Waals surface area (Å²) in [5.41, 5.74) is 0.191. The summed E-state index contributed by atoms with van der Waals surface area (Å²) in [4.78, 5) is 43.3. The number of nitrogens with zero attached hydrogens (tertiary/aromatic N) is 2. The molecular weight excluding hydrogens is 434 g/mol. The highest BCUT2D eigenvalue weighted by atomic mass is 32.2. The van der Waals surface area contributed by atoms with E-state index >= 15 is 0 Å². The summed E-state index contributed by atoms with van der Waals surface area (Å²) in [6.07, 6.45) is 3.43. The van der Waals surface area contributed by atoms with Crippen LogP contribution in [0.3, 0.4) is 0 Å². The van der Waals surface area contributed by atoms with E-state index in [1.165, 1.54) is 22.9 Å². The molecule has 0 atom stereocenters. The van der Waals surface area contributed by atoms with Crippen LogP contribution in [0.15, 0.2) is 58.8 Å². The molecule has 0 unspecified atom stereocenters. The zero-order valence-corrected chi connectivity index (χ0v) is 18.2. The fraction of sp³-hybridized carbons (Fsp3) is 0.238. The number of rotatable bonds is 9. The minimum atomic E-state index is -3.49. The average Bonchev–Trinajstić information content (AvgIpc) is 2.76. The summed E-state index contributed by atoms with van der Waals surface area (Å²) in [5, 5.41) is 2.82. The van der Waals surface area contributed by atoms with Gasteiger partial charge in [-0.2, -0.15) is 0 Å². The van der Waals surface area contributed by atoms with Crippen LogP contribution in [0.1, 0.15) is 29.3 Å². The van der Waals surface area contributed by atoms with Gasteiger partial charge < -0.3 is 5.32 Å². The molecule has 10 nitrogen and oxygen atoms in total. The second-order valence-electron chi connectivity index (χ2n) is 7.05. The van der Waals surface area contributed by atoms with Crippen molar-refractivity contribution in [2.24, 2.45) is 0 Å². The summed E-state index contributed by atoms with van der Waals surface area (Å²) in [6.45, 7) is 5.89. The number of amides is 1. The van der Waals surface area contributed by atoms with E-state index in [0.717, 1.165) is 0 Å². The lowest BCUT2D eigenvalue weighted by molar-refractivity contribution is 0.102. The van der Waals surface area contributed by atoms with Crippen LogP contribution in [0.5, 0.6) is 0 Å². The van der Waals surface area contributed by atoms with Crippen molar-refractivity contribution in [3.05, 3.63) is 81.1 Å². The molecule has 0 aliphatic heterocycles. The Hall–Kier alpha value is -3.57. The fourth-order valence-electron chi connectivity index (χ4n) is 3.07. The van der Waals surface area contributed by atoms with Crippen LogP contribution < -0.4 is 21.3 Å². The van der Waals surface area contributed by atoms with E-state index in [1.807, 2.05) is 6.92 Å². The Labute approximate surface area is 184 Å². The van der Waals surface area contributed by atoms with Crippen LogP contribution >= 0.6 is 0 Å². The SMILES string of the molecule is C=CCNS(=O)(=O)Cc1ccc(NC(=O)c2cnc3c(c2)c(=O)[nH]c(=O)n3CCC)cc1. The molecule has 11 heteroatoms. The predicted octanol–water partition coefficient (Wildman–Crippen LogP) is 1.35. The molecule has 0 spiro atoms. The standard InChI is InChI=1S/C21H23N5O5S/c1-3-9-23-32(30,31)13-14-5-7-16(8-6-14)24-19(27)15-11-17-18(22-12-15)26(10-4-2)21(29)25-20(17)28/h3,5-8,11-12,23H,1,4,9-10,13H2,2H3,(H,24,27)(H,25,28,29). The normalized spacial score (nSPS) is 11.4. The lowest BCUT2D eigenvalue weighted by atomic mass is 10.2. The van der Waals surface area contributed by atoms with E-state index in [-0.39, 0.29) is 28.9 Å². The number of sulfonamides is 1. The molecule has 2 heterocycles.